The summed E-state index contributed by atoms with van der Waals surface area (Å²) in [5, 5.41) is 3.07. The lowest BCUT2D eigenvalue weighted by Crippen LogP contribution is -2.44. The summed E-state index contributed by atoms with van der Waals surface area (Å²) in [6.07, 6.45) is 2.02. The van der Waals surface area contributed by atoms with Crippen LogP contribution in [0.4, 0.5) is 10.5 Å². The van der Waals surface area contributed by atoms with E-state index in [-0.39, 0.29) is 17.9 Å². The largest absolute Gasteiger partial charge is 0.450 e. The minimum Gasteiger partial charge on any atom is -0.450 e. The lowest BCUT2D eigenvalue weighted by atomic mass is 9.96. The average Bonchev–Trinajstić information content (AvgIpc) is 2.70. The number of carbonyl (C=O) groups excluding carboxylic acids is 2. The van der Waals surface area contributed by atoms with Crippen molar-refractivity contribution in [2.24, 2.45) is 5.92 Å². The Morgan fingerprint density at radius 3 is 2.63 bits per heavy atom. The fourth-order valence-corrected chi connectivity index (χ4v) is 3.42. The molecule has 0 bridgehead atoms. The summed E-state index contributed by atoms with van der Waals surface area (Å²) in [6.45, 7) is 3.19. The van der Waals surface area contributed by atoms with E-state index in [1.807, 2.05) is 42.5 Å². The van der Waals surface area contributed by atoms with Gasteiger partial charge in [0.15, 0.2) is 0 Å². The maximum atomic E-state index is 12.8. The maximum Gasteiger partial charge on any atom is 0.409 e. The molecule has 0 aliphatic carbocycles. The van der Waals surface area contributed by atoms with Crippen LogP contribution in [0, 0.1) is 5.92 Å². The van der Waals surface area contributed by atoms with Gasteiger partial charge in [0.1, 0.15) is 0 Å². The first-order valence-corrected chi connectivity index (χ1v) is 9.51. The van der Waals surface area contributed by atoms with E-state index < -0.39 is 0 Å². The SMILES string of the molecule is CCOC(=O)N1CCCC(C(=O)Nc2ccccc2Cc2ccccc2)C1. The van der Waals surface area contributed by atoms with E-state index in [1.165, 1.54) is 5.56 Å². The number of amides is 2. The molecule has 1 unspecified atom stereocenters. The number of para-hydroxylation sites is 1. The molecule has 5 nitrogen and oxygen atoms in total. The summed E-state index contributed by atoms with van der Waals surface area (Å²) in [5.41, 5.74) is 3.11. The van der Waals surface area contributed by atoms with Crippen LogP contribution in [0.25, 0.3) is 0 Å². The molecule has 1 heterocycles. The zero-order valence-corrected chi connectivity index (χ0v) is 15.7. The van der Waals surface area contributed by atoms with E-state index >= 15 is 0 Å². The van der Waals surface area contributed by atoms with Crippen LogP contribution in [0.15, 0.2) is 54.6 Å². The Labute approximate surface area is 160 Å². The summed E-state index contributed by atoms with van der Waals surface area (Å²) in [4.78, 5) is 26.4. The van der Waals surface area contributed by atoms with E-state index in [0.29, 0.717) is 19.7 Å². The van der Waals surface area contributed by atoms with Gasteiger partial charge < -0.3 is 15.0 Å². The number of hydrogen-bond donors (Lipinski definition) is 1. The smallest absolute Gasteiger partial charge is 0.409 e. The van der Waals surface area contributed by atoms with Gasteiger partial charge >= 0.3 is 6.09 Å². The first kappa shape index (κ1) is 19.0. The Morgan fingerprint density at radius 2 is 1.85 bits per heavy atom. The number of hydrogen-bond acceptors (Lipinski definition) is 3. The average molecular weight is 366 g/mol. The molecule has 142 valence electrons. The first-order chi connectivity index (χ1) is 13.2. The maximum absolute atomic E-state index is 12.8. The quantitative estimate of drug-likeness (QED) is 0.867. The Hall–Kier alpha value is -2.82. The summed E-state index contributed by atoms with van der Waals surface area (Å²) < 4.78 is 5.07. The standard InChI is InChI=1S/C22H26N2O3/c1-2-27-22(26)24-14-8-12-19(16-24)21(25)23-20-13-7-6-11-18(20)15-17-9-4-3-5-10-17/h3-7,9-11,13,19H,2,8,12,14-16H2,1H3,(H,23,25). The van der Waals surface area contributed by atoms with Gasteiger partial charge in [-0.1, -0.05) is 48.5 Å². The second-order valence-electron chi connectivity index (χ2n) is 6.79. The Kier molecular flexibility index (Phi) is 6.47. The molecule has 2 aromatic carbocycles. The van der Waals surface area contributed by atoms with Gasteiger partial charge in [-0.15, -0.1) is 0 Å². The summed E-state index contributed by atoms with van der Waals surface area (Å²) in [5.74, 6) is -0.252. The van der Waals surface area contributed by atoms with Gasteiger partial charge in [-0.05, 0) is 43.4 Å². The fourth-order valence-electron chi connectivity index (χ4n) is 3.42. The molecule has 1 saturated heterocycles. The van der Waals surface area contributed by atoms with Crippen molar-refractivity contribution in [3.05, 3.63) is 65.7 Å². The van der Waals surface area contributed by atoms with Crippen molar-refractivity contribution in [2.45, 2.75) is 26.2 Å². The molecule has 0 saturated carbocycles. The molecule has 5 heteroatoms. The molecule has 27 heavy (non-hydrogen) atoms. The number of piperidine rings is 1. The lowest BCUT2D eigenvalue weighted by Gasteiger charge is -2.31. The highest BCUT2D eigenvalue weighted by molar-refractivity contribution is 5.93. The van der Waals surface area contributed by atoms with E-state index in [2.05, 4.69) is 17.4 Å². The zero-order chi connectivity index (χ0) is 19.1. The van der Waals surface area contributed by atoms with E-state index in [1.54, 1.807) is 11.8 Å². The number of anilines is 1. The van der Waals surface area contributed by atoms with Crippen molar-refractivity contribution in [2.75, 3.05) is 25.0 Å². The van der Waals surface area contributed by atoms with Gasteiger partial charge in [-0.25, -0.2) is 4.79 Å². The van der Waals surface area contributed by atoms with Crippen molar-refractivity contribution >= 4 is 17.7 Å². The number of benzene rings is 2. The number of likely N-dealkylation sites (tertiary alicyclic amines) is 1. The molecule has 1 atom stereocenters. The highest BCUT2D eigenvalue weighted by Gasteiger charge is 2.29. The van der Waals surface area contributed by atoms with Crippen molar-refractivity contribution < 1.29 is 14.3 Å². The van der Waals surface area contributed by atoms with Crippen LogP contribution in [0.3, 0.4) is 0 Å². The Balaban J connectivity index is 1.66. The second kappa shape index (κ2) is 9.21. The molecular formula is C22H26N2O3. The zero-order valence-electron chi connectivity index (χ0n) is 15.7. The first-order valence-electron chi connectivity index (χ1n) is 9.51. The Bertz CT molecular complexity index is 776. The van der Waals surface area contributed by atoms with Crippen LogP contribution < -0.4 is 5.32 Å². The van der Waals surface area contributed by atoms with Crippen molar-refractivity contribution in [1.29, 1.82) is 0 Å². The lowest BCUT2D eigenvalue weighted by molar-refractivity contribution is -0.121. The summed E-state index contributed by atoms with van der Waals surface area (Å²) in [6, 6.07) is 18.1. The van der Waals surface area contributed by atoms with Crippen LogP contribution in [0.5, 0.6) is 0 Å². The number of ether oxygens (including phenoxy) is 1. The number of carbonyl (C=O) groups is 2. The fraction of sp³-hybridized carbons (Fsp3) is 0.364. The Morgan fingerprint density at radius 1 is 1.11 bits per heavy atom. The number of nitrogens with zero attached hydrogens (tertiary/aromatic N) is 1. The predicted octanol–water partition coefficient (Wildman–Crippen LogP) is 4.08. The van der Waals surface area contributed by atoms with Crippen LogP contribution in [-0.2, 0) is 16.0 Å². The van der Waals surface area contributed by atoms with Gasteiger partial charge in [-0.2, -0.15) is 0 Å². The molecule has 1 aliphatic rings. The number of nitrogens with one attached hydrogen (secondary N) is 1. The third-order valence-electron chi connectivity index (χ3n) is 4.83. The van der Waals surface area contributed by atoms with E-state index in [4.69, 9.17) is 4.74 Å². The predicted molar refractivity (Wildman–Crippen MR) is 106 cm³/mol. The van der Waals surface area contributed by atoms with Crippen LogP contribution >= 0.6 is 0 Å². The molecule has 0 radical (unpaired) electrons. The van der Waals surface area contributed by atoms with Gasteiger partial charge in [0.25, 0.3) is 0 Å². The van der Waals surface area contributed by atoms with Crippen molar-refractivity contribution in [1.82, 2.24) is 4.90 Å². The summed E-state index contributed by atoms with van der Waals surface area (Å²) >= 11 is 0. The monoisotopic (exact) mass is 366 g/mol. The topological polar surface area (TPSA) is 58.6 Å². The van der Waals surface area contributed by atoms with Gasteiger partial charge in [-0.3, -0.25) is 4.79 Å². The molecule has 0 aromatic heterocycles. The van der Waals surface area contributed by atoms with Gasteiger partial charge in [0.2, 0.25) is 5.91 Å². The molecule has 1 N–H and O–H groups in total. The van der Waals surface area contributed by atoms with Gasteiger partial charge in [0, 0.05) is 18.8 Å². The van der Waals surface area contributed by atoms with Crippen LogP contribution in [-0.4, -0.2) is 36.6 Å². The second-order valence-corrected chi connectivity index (χ2v) is 6.79. The van der Waals surface area contributed by atoms with E-state index in [9.17, 15) is 9.59 Å². The van der Waals surface area contributed by atoms with E-state index in [0.717, 1.165) is 30.5 Å². The van der Waals surface area contributed by atoms with Gasteiger partial charge in [0.05, 0.1) is 12.5 Å². The van der Waals surface area contributed by atoms with Crippen molar-refractivity contribution in [3.63, 3.8) is 0 Å². The highest BCUT2D eigenvalue weighted by Crippen LogP contribution is 2.23. The third-order valence-corrected chi connectivity index (χ3v) is 4.83. The molecule has 0 spiro atoms. The normalized spacial score (nSPS) is 16.6. The molecule has 2 amide bonds. The van der Waals surface area contributed by atoms with Crippen molar-refractivity contribution in [3.8, 4) is 0 Å². The highest BCUT2D eigenvalue weighted by atomic mass is 16.6. The minimum atomic E-state index is -0.334. The molecule has 2 aromatic rings. The number of rotatable bonds is 5. The molecule has 3 rings (SSSR count). The van der Waals surface area contributed by atoms with Crippen LogP contribution in [0.1, 0.15) is 30.9 Å². The molecular weight excluding hydrogens is 340 g/mol. The minimum absolute atomic E-state index is 0.0375. The molecule has 1 aliphatic heterocycles. The summed E-state index contributed by atoms with van der Waals surface area (Å²) in [7, 11) is 0. The van der Waals surface area contributed by atoms with Crippen LogP contribution in [0.2, 0.25) is 0 Å². The third kappa shape index (κ3) is 5.09. The molecule has 1 fully saturated rings.